The van der Waals surface area contributed by atoms with Crippen molar-refractivity contribution in [2.45, 2.75) is 13.8 Å². The molecule has 1 rings (SSSR count). The minimum absolute atomic E-state index is 0.0589. The van der Waals surface area contributed by atoms with E-state index in [4.69, 9.17) is 10.8 Å². The van der Waals surface area contributed by atoms with Gasteiger partial charge in [-0.1, -0.05) is 13.8 Å². The van der Waals surface area contributed by atoms with Crippen molar-refractivity contribution in [3.8, 4) is 0 Å². The molecule has 4 N–H and O–H groups in total. The van der Waals surface area contributed by atoms with E-state index in [9.17, 15) is 14.4 Å². The minimum Gasteiger partial charge on any atom is -0.481 e. The van der Waals surface area contributed by atoms with Crippen LogP contribution in [0.3, 0.4) is 0 Å². The van der Waals surface area contributed by atoms with E-state index in [2.05, 4.69) is 5.32 Å². The maximum absolute atomic E-state index is 11.9. The first-order valence-electron chi connectivity index (χ1n) is 6.23. The van der Waals surface area contributed by atoms with Crippen molar-refractivity contribution in [2.24, 2.45) is 17.6 Å². The Bertz CT molecular complexity index is 508. The van der Waals surface area contributed by atoms with Crippen LogP contribution in [0.2, 0.25) is 0 Å². The largest absolute Gasteiger partial charge is 0.481 e. The molecule has 0 fully saturated rings. The Kier molecular flexibility index (Phi) is 5.25. The van der Waals surface area contributed by atoms with E-state index in [0.29, 0.717) is 11.1 Å². The molecule has 0 aliphatic heterocycles. The van der Waals surface area contributed by atoms with Gasteiger partial charge in [0, 0.05) is 17.7 Å². The molecule has 0 bridgehead atoms. The number of hydrogen-bond donors (Lipinski definition) is 3. The number of nitrogens with one attached hydrogen (secondary N) is 1. The number of carbonyl (C=O) groups is 3. The molecule has 1 aromatic carbocycles. The van der Waals surface area contributed by atoms with Crippen LogP contribution >= 0.6 is 0 Å². The van der Waals surface area contributed by atoms with Crippen LogP contribution in [0.5, 0.6) is 0 Å². The van der Waals surface area contributed by atoms with E-state index in [-0.39, 0.29) is 18.4 Å². The Morgan fingerprint density at radius 1 is 1.15 bits per heavy atom. The second kappa shape index (κ2) is 6.70. The van der Waals surface area contributed by atoms with Crippen LogP contribution < -0.4 is 11.1 Å². The number of aliphatic carboxylic acids is 1. The van der Waals surface area contributed by atoms with Gasteiger partial charge >= 0.3 is 5.97 Å². The zero-order valence-corrected chi connectivity index (χ0v) is 11.4. The van der Waals surface area contributed by atoms with Crippen LogP contribution in [0.1, 0.15) is 34.6 Å². The zero-order chi connectivity index (χ0) is 15.3. The first-order valence-corrected chi connectivity index (χ1v) is 6.23. The fourth-order valence-electron chi connectivity index (χ4n) is 1.70. The second-order valence-corrected chi connectivity index (χ2v) is 4.84. The van der Waals surface area contributed by atoms with Gasteiger partial charge in [0.15, 0.2) is 0 Å². The highest BCUT2D eigenvalue weighted by Crippen LogP contribution is 2.10. The zero-order valence-electron chi connectivity index (χ0n) is 11.4. The summed E-state index contributed by atoms with van der Waals surface area (Å²) >= 11 is 0. The lowest BCUT2D eigenvalue weighted by Crippen LogP contribution is -2.35. The Hall–Kier alpha value is -2.37. The van der Waals surface area contributed by atoms with Gasteiger partial charge in [-0.05, 0) is 30.2 Å². The summed E-state index contributed by atoms with van der Waals surface area (Å²) in [7, 11) is 0. The lowest BCUT2D eigenvalue weighted by molar-refractivity contribution is -0.142. The summed E-state index contributed by atoms with van der Waals surface area (Å²) < 4.78 is 0. The molecule has 0 aliphatic rings. The molecule has 0 saturated carbocycles. The Morgan fingerprint density at radius 3 is 2.05 bits per heavy atom. The van der Waals surface area contributed by atoms with Gasteiger partial charge in [0.1, 0.15) is 0 Å². The van der Waals surface area contributed by atoms with Crippen molar-refractivity contribution in [2.75, 3.05) is 6.54 Å². The summed E-state index contributed by atoms with van der Waals surface area (Å²) in [6, 6.07) is 5.85. The van der Waals surface area contributed by atoms with Gasteiger partial charge in [-0.2, -0.15) is 0 Å². The third kappa shape index (κ3) is 4.08. The fourth-order valence-corrected chi connectivity index (χ4v) is 1.70. The Labute approximate surface area is 117 Å². The van der Waals surface area contributed by atoms with Gasteiger partial charge in [0.05, 0.1) is 5.92 Å². The molecule has 6 heteroatoms. The molecule has 0 saturated heterocycles. The average molecular weight is 278 g/mol. The highest BCUT2D eigenvalue weighted by molar-refractivity contribution is 5.97. The number of benzene rings is 1. The third-order valence-corrected chi connectivity index (χ3v) is 3.04. The molecule has 0 heterocycles. The van der Waals surface area contributed by atoms with Crippen molar-refractivity contribution in [3.63, 3.8) is 0 Å². The minimum atomic E-state index is -0.940. The summed E-state index contributed by atoms with van der Waals surface area (Å²) in [6.07, 6.45) is 0. The van der Waals surface area contributed by atoms with E-state index in [1.54, 1.807) is 13.8 Å². The topological polar surface area (TPSA) is 109 Å². The maximum Gasteiger partial charge on any atom is 0.308 e. The molecular weight excluding hydrogens is 260 g/mol. The number of nitrogens with two attached hydrogens (primary N) is 1. The lowest BCUT2D eigenvalue weighted by atomic mass is 9.96. The van der Waals surface area contributed by atoms with Crippen molar-refractivity contribution in [1.82, 2.24) is 5.32 Å². The van der Waals surface area contributed by atoms with Crippen molar-refractivity contribution in [3.05, 3.63) is 35.4 Å². The van der Waals surface area contributed by atoms with E-state index in [1.165, 1.54) is 24.3 Å². The van der Waals surface area contributed by atoms with Crippen LogP contribution in [0.15, 0.2) is 24.3 Å². The molecule has 2 amide bonds. The summed E-state index contributed by atoms with van der Waals surface area (Å²) in [6.45, 7) is 3.63. The maximum atomic E-state index is 11.9. The number of carbonyl (C=O) groups excluding carboxylic acids is 2. The first-order chi connectivity index (χ1) is 9.32. The van der Waals surface area contributed by atoms with Gasteiger partial charge in [0.25, 0.3) is 5.91 Å². The second-order valence-electron chi connectivity index (χ2n) is 4.84. The van der Waals surface area contributed by atoms with Crippen LogP contribution in [-0.4, -0.2) is 29.4 Å². The number of rotatable bonds is 6. The van der Waals surface area contributed by atoms with Crippen molar-refractivity contribution in [1.29, 1.82) is 0 Å². The molecule has 6 nitrogen and oxygen atoms in total. The highest BCUT2D eigenvalue weighted by atomic mass is 16.4. The third-order valence-electron chi connectivity index (χ3n) is 3.04. The van der Waals surface area contributed by atoms with Crippen LogP contribution in [0, 0.1) is 11.8 Å². The Morgan fingerprint density at radius 2 is 1.65 bits per heavy atom. The number of primary amides is 1. The van der Waals surface area contributed by atoms with Gasteiger partial charge in [0.2, 0.25) is 5.91 Å². The standard InChI is InChI=1S/C14H18N2O4/c1-8(2)11(14(19)20)7-16-13(18)10-5-3-9(4-6-10)12(15)17/h3-6,8,11H,7H2,1-2H3,(H2,15,17)(H,16,18)(H,19,20). The number of carboxylic acids is 1. The normalized spacial score (nSPS) is 11.9. The van der Waals surface area contributed by atoms with Gasteiger partial charge in [-0.25, -0.2) is 0 Å². The first kappa shape index (κ1) is 15.7. The average Bonchev–Trinajstić information content (AvgIpc) is 2.38. The number of hydrogen-bond acceptors (Lipinski definition) is 3. The van der Waals surface area contributed by atoms with E-state index >= 15 is 0 Å². The summed E-state index contributed by atoms with van der Waals surface area (Å²) in [5, 5.41) is 11.6. The van der Waals surface area contributed by atoms with Gasteiger partial charge < -0.3 is 16.2 Å². The molecular formula is C14H18N2O4. The molecule has 0 aromatic heterocycles. The molecule has 1 aromatic rings. The van der Waals surface area contributed by atoms with Gasteiger partial charge in [-0.15, -0.1) is 0 Å². The quantitative estimate of drug-likeness (QED) is 0.717. The molecule has 1 unspecified atom stereocenters. The van der Waals surface area contributed by atoms with Crippen LogP contribution in [0.4, 0.5) is 0 Å². The van der Waals surface area contributed by atoms with Crippen LogP contribution in [0.25, 0.3) is 0 Å². The number of amides is 2. The number of carboxylic acid groups (broad SMARTS) is 1. The van der Waals surface area contributed by atoms with E-state index in [1.807, 2.05) is 0 Å². The summed E-state index contributed by atoms with van der Waals surface area (Å²) in [5.41, 5.74) is 5.76. The van der Waals surface area contributed by atoms with Crippen LogP contribution in [-0.2, 0) is 4.79 Å². The van der Waals surface area contributed by atoms with Crippen molar-refractivity contribution >= 4 is 17.8 Å². The molecule has 0 radical (unpaired) electrons. The fraction of sp³-hybridized carbons (Fsp3) is 0.357. The van der Waals surface area contributed by atoms with E-state index < -0.39 is 17.8 Å². The van der Waals surface area contributed by atoms with Gasteiger partial charge in [-0.3, -0.25) is 14.4 Å². The lowest BCUT2D eigenvalue weighted by Gasteiger charge is -2.16. The molecule has 20 heavy (non-hydrogen) atoms. The smallest absolute Gasteiger partial charge is 0.308 e. The predicted octanol–water partition coefficient (Wildman–Crippen LogP) is 0.872. The monoisotopic (exact) mass is 278 g/mol. The summed E-state index contributed by atoms with van der Waals surface area (Å²) in [5.74, 6) is -2.60. The van der Waals surface area contributed by atoms with E-state index in [0.717, 1.165) is 0 Å². The highest BCUT2D eigenvalue weighted by Gasteiger charge is 2.22. The summed E-state index contributed by atoms with van der Waals surface area (Å²) in [4.78, 5) is 33.8. The molecule has 108 valence electrons. The Balaban J connectivity index is 2.67. The van der Waals surface area contributed by atoms with Crippen molar-refractivity contribution < 1.29 is 19.5 Å². The molecule has 1 atom stereocenters. The SMILES string of the molecule is CC(C)C(CNC(=O)c1ccc(C(N)=O)cc1)C(=O)O. The molecule has 0 spiro atoms. The predicted molar refractivity (Wildman–Crippen MR) is 73.3 cm³/mol. The molecule has 0 aliphatic carbocycles.